The number of carbonyl (C=O) groups excluding carboxylic acids is 1. The van der Waals surface area contributed by atoms with Gasteiger partial charge < -0.3 is 20.0 Å². The fourth-order valence-corrected chi connectivity index (χ4v) is 4.23. The molecule has 1 fully saturated rings. The lowest BCUT2D eigenvalue weighted by Gasteiger charge is -2.44. The summed E-state index contributed by atoms with van der Waals surface area (Å²) in [7, 11) is 0. The number of β-lactam (4-membered cyclic amide) rings is 1. The molecule has 1 aromatic rings. The Kier molecular flexibility index (Phi) is 3.66. The van der Waals surface area contributed by atoms with Gasteiger partial charge in [-0.2, -0.15) is 0 Å². The molecule has 0 bridgehead atoms. The number of aliphatic hydroxyl groups excluding tert-OH is 1. The van der Waals surface area contributed by atoms with E-state index in [1.807, 2.05) is 30.3 Å². The molecule has 4 atom stereocenters. The van der Waals surface area contributed by atoms with Crippen molar-refractivity contribution in [2.24, 2.45) is 11.1 Å². The zero-order valence-electron chi connectivity index (χ0n) is 14.5. The molecule has 0 radical (unpaired) electrons. The summed E-state index contributed by atoms with van der Waals surface area (Å²) in [5.41, 5.74) is 1.29. The van der Waals surface area contributed by atoms with E-state index in [0.29, 0.717) is 18.4 Å². The van der Waals surface area contributed by atoms with Crippen LogP contribution in [-0.2, 0) is 14.4 Å². The van der Waals surface area contributed by atoms with Gasteiger partial charge in [-0.25, -0.2) is 4.79 Å². The molecule has 2 N–H and O–H groups in total. The molecule has 0 aromatic heterocycles. The summed E-state index contributed by atoms with van der Waals surface area (Å²) in [5.74, 6) is -2.07. The number of carbonyl (C=O) groups is 2. The summed E-state index contributed by atoms with van der Waals surface area (Å²) in [4.78, 5) is 31.2. The first-order chi connectivity index (χ1) is 12.3. The van der Waals surface area contributed by atoms with Gasteiger partial charge in [-0.3, -0.25) is 4.79 Å². The van der Waals surface area contributed by atoms with E-state index in [2.05, 4.69) is 5.16 Å². The van der Waals surface area contributed by atoms with Gasteiger partial charge in [0.25, 0.3) is 0 Å². The van der Waals surface area contributed by atoms with Gasteiger partial charge in [0.15, 0.2) is 5.60 Å². The topological polar surface area (TPSA) is 99.4 Å². The minimum atomic E-state index is -1.15. The van der Waals surface area contributed by atoms with Gasteiger partial charge in [0.05, 0.1) is 23.8 Å². The highest BCUT2D eigenvalue weighted by Gasteiger charge is 2.60. The fraction of sp³-hybridized carbons (Fsp3) is 0.421. The number of benzene rings is 1. The number of nitrogens with zero attached hydrogens (tertiary/aromatic N) is 2. The Morgan fingerprint density at radius 3 is 2.69 bits per heavy atom. The third kappa shape index (κ3) is 2.27. The van der Waals surface area contributed by atoms with Gasteiger partial charge in [0, 0.05) is 12.0 Å². The second kappa shape index (κ2) is 5.67. The summed E-state index contributed by atoms with van der Waals surface area (Å²) < 4.78 is 0. The van der Waals surface area contributed by atoms with E-state index < -0.39 is 23.6 Å². The van der Waals surface area contributed by atoms with Crippen molar-refractivity contribution in [3.63, 3.8) is 0 Å². The Balaban J connectivity index is 1.65. The Hall–Kier alpha value is -2.67. The fourth-order valence-electron chi connectivity index (χ4n) is 4.23. The van der Waals surface area contributed by atoms with Crippen molar-refractivity contribution in [2.45, 2.75) is 44.4 Å². The number of oxime groups is 1. The third-order valence-corrected chi connectivity index (χ3v) is 5.54. The first-order valence-corrected chi connectivity index (χ1v) is 8.62. The summed E-state index contributed by atoms with van der Waals surface area (Å²) in [5, 5.41) is 23.7. The van der Waals surface area contributed by atoms with Crippen LogP contribution in [0.25, 0.3) is 0 Å². The van der Waals surface area contributed by atoms with Crippen molar-refractivity contribution in [3.05, 3.63) is 47.2 Å². The molecule has 3 aliphatic rings. The molecule has 3 heterocycles. The number of fused-ring (bicyclic) bond motifs is 1. The predicted molar refractivity (Wildman–Crippen MR) is 92.2 cm³/mol. The highest BCUT2D eigenvalue weighted by atomic mass is 16.7. The smallest absolute Gasteiger partial charge is 0.352 e. The average Bonchev–Trinajstić information content (AvgIpc) is 3.15. The molecular formula is C19H20N2O5. The molecule has 1 amide bonds. The second-order valence-corrected chi connectivity index (χ2v) is 7.28. The first kappa shape index (κ1) is 16.8. The lowest BCUT2D eigenvalue weighted by atomic mass is 9.80. The number of aliphatic carboxylic acids is 1. The summed E-state index contributed by atoms with van der Waals surface area (Å²) in [6.45, 7) is 3.36. The molecule has 7 nitrogen and oxygen atoms in total. The standard InChI is InChI=1S/C19H20N2O5/c1-10(22)15-14-8-12(16(18(24)25)21(14)17(15)23)19(2)9-13(20-26-19)11-6-4-3-5-7-11/h3-7,10,14-15,22H,8-9H2,1-2H3,(H,24,25)/t10-,14-,15-,19-/m1/s1. The SMILES string of the molecule is C[C@@H](O)[C@H]1C(=O)N2C(C(=O)O)=C([C@@]3(C)CC(c4ccccc4)=NO3)C[C@H]12. The Morgan fingerprint density at radius 1 is 1.38 bits per heavy atom. The van der Waals surface area contributed by atoms with Crippen molar-refractivity contribution >= 4 is 17.6 Å². The van der Waals surface area contributed by atoms with E-state index in [9.17, 15) is 19.8 Å². The van der Waals surface area contributed by atoms with Crippen LogP contribution in [0.4, 0.5) is 0 Å². The maximum absolute atomic E-state index is 12.3. The lowest BCUT2D eigenvalue weighted by Crippen LogP contribution is -2.61. The lowest BCUT2D eigenvalue weighted by molar-refractivity contribution is -0.161. The molecule has 0 unspecified atom stereocenters. The van der Waals surface area contributed by atoms with E-state index >= 15 is 0 Å². The van der Waals surface area contributed by atoms with Crippen molar-refractivity contribution in [2.75, 3.05) is 0 Å². The molecule has 3 aliphatic heterocycles. The molecule has 1 saturated heterocycles. The van der Waals surface area contributed by atoms with Crippen LogP contribution in [0, 0.1) is 5.92 Å². The number of hydrogen-bond donors (Lipinski definition) is 2. The number of rotatable bonds is 4. The highest BCUT2D eigenvalue weighted by molar-refractivity contribution is 6.03. The van der Waals surface area contributed by atoms with Gasteiger partial charge in [0.2, 0.25) is 5.91 Å². The van der Waals surface area contributed by atoms with Gasteiger partial charge in [-0.1, -0.05) is 35.5 Å². The monoisotopic (exact) mass is 356 g/mol. The van der Waals surface area contributed by atoms with Crippen molar-refractivity contribution < 1.29 is 24.6 Å². The highest BCUT2D eigenvalue weighted by Crippen LogP contribution is 2.49. The van der Waals surface area contributed by atoms with Crippen molar-refractivity contribution in [1.82, 2.24) is 4.90 Å². The van der Waals surface area contributed by atoms with Gasteiger partial charge in [-0.15, -0.1) is 0 Å². The Morgan fingerprint density at radius 2 is 2.08 bits per heavy atom. The van der Waals surface area contributed by atoms with Gasteiger partial charge in [0.1, 0.15) is 5.70 Å². The van der Waals surface area contributed by atoms with Crippen LogP contribution < -0.4 is 0 Å². The molecular weight excluding hydrogens is 336 g/mol. The first-order valence-electron chi connectivity index (χ1n) is 8.62. The Labute approximate surface area is 150 Å². The number of carboxylic acid groups (broad SMARTS) is 1. The minimum absolute atomic E-state index is 0.0242. The molecule has 1 aromatic carbocycles. The largest absolute Gasteiger partial charge is 0.477 e. The van der Waals surface area contributed by atoms with Crippen LogP contribution in [0.1, 0.15) is 32.3 Å². The van der Waals surface area contributed by atoms with E-state index in [-0.39, 0.29) is 17.6 Å². The van der Waals surface area contributed by atoms with Crippen LogP contribution in [0.15, 0.2) is 46.8 Å². The number of aliphatic hydroxyl groups is 1. The number of amides is 1. The maximum Gasteiger partial charge on any atom is 0.352 e. The average molecular weight is 356 g/mol. The molecule has 26 heavy (non-hydrogen) atoms. The molecule has 7 heteroatoms. The summed E-state index contributed by atoms with van der Waals surface area (Å²) in [6, 6.07) is 9.24. The predicted octanol–water partition coefficient (Wildman–Crippen LogP) is 1.52. The molecule has 0 aliphatic carbocycles. The Bertz CT molecular complexity index is 845. The number of hydrogen-bond acceptors (Lipinski definition) is 5. The van der Waals surface area contributed by atoms with Crippen molar-refractivity contribution in [3.8, 4) is 0 Å². The molecule has 0 saturated carbocycles. The van der Waals surface area contributed by atoms with Gasteiger partial charge in [-0.05, 0) is 25.8 Å². The molecule has 136 valence electrons. The van der Waals surface area contributed by atoms with Crippen LogP contribution in [0.5, 0.6) is 0 Å². The van der Waals surface area contributed by atoms with E-state index in [4.69, 9.17) is 4.84 Å². The van der Waals surface area contributed by atoms with Crippen LogP contribution in [0.3, 0.4) is 0 Å². The normalized spacial score (nSPS) is 31.3. The van der Waals surface area contributed by atoms with Crippen LogP contribution in [0.2, 0.25) is 0 Å². The third-order valence-electron chi connectivity index (χ3n) is 5.54. The summed E-state index contributed by atoms with van der Waals surface area (Å²) >= 11 is 0. The maximum atomic E-state index is 12.3. The number of carboxylic acids is 1. The summed E-state index contributed by atoms with van der Waals surface area (Å²) in [6.07, 6.45) is -0.0135. The van der Waals surface area contributed by atoms with Gasteiger partial charge >= 0.3 is 5.97 Å². The second-order valence-electron chi connectivity index (χ2n) is 7.28. The zero-order valence-corrected chi connectivity index (χ0v) is 14.5. The van der Waals surface area contributed by atoms with Crippen LogP contribution in [-0.4, -0.2) is 50.4 Å². The van der Waals surface area contributed by atoms with Crippen molar-refractivity contribution in [1.29, 1.82) is 0 Å². The van der Waals surface area contributed by atoms with E-state index in [1.54, 1.807) is 13.8 Å². The zero-order chi connectivity index (χ0) is 18.6. The van der Waals surface area contributed by atoms with Crippen LogP contribution >= 0.6 is 0 Å². The molecule has 0 spiro atoms. The quantitative estimate of drug-likeness (QED) is 0.797. The minimum Gasteiger partial charge on any atom is -0.477 e. The molecule has 4 rings (SSSR count). The van der Waals surface area contributed by atoms with E-state index in [1.165, 1.54) is 4.90 Å². The van der Waals surface area contributed by atoms with E-state index in [0.717, 1.165) is 11.3 Å².